The van der Waals surface area contributed by atoms with Gasteiger partial charge in [0.1, 0.15) is 17.6 Å². The molecule has 0 unspecified atom stereocenters. The van der Waals surface area contributed by atoms with Crippen molar-refractivity contribution >= 4 is 17.5 Å². The molecule has 0 fully saturated rings. The van der Waals surface area contributed by atoms with Gasteiger partial charge in [0.2, 0.25) is 0 Å². The predicted octanol–water partition coefficient (Wildman–Crippen LogP) is 3.34. The van der Waals surface area contributed by atoms with Crippen LogP contribution in [0.4, 0.5) is 16.2 Å². The van der Waals surface area contributed by atoms with E-state index in [2.05, 4.69) is 0 Å². The molecule has 0 radical (unpaired) electrons. The Morgan fingerprint density at radius 2 is 1.97 bits per heavy atom. The SMILES string of the molecule is CCOC(=O)O[C@H]1Cc2cc(OC)ccc2N1[C@@H]1c2cc([N+](=O)[O-])ccc2O[C@@](C)(C(OC)OC)[C@H]1O. The van der Waals surface area contributed by atoms with E-state index < -0.39 is 41.3 Å². The maximum Gasteiger partial charge on any atom is 0.510 e. The van der Waals surface area contributed by atoms with Crippen LogP contribution in [0.1, 0.15) is 31.0 Å². The standard InChI is InChI=1S/C25H30N2O10/c1-6-35-24(29)36-20-12-14-11-16(32-3)8-9-18(14)26(20)21-17-13-15(27(30)31)7-10-19(17)37-25(2,22(21)28)23(33-4)34-5/h7-11,13,20-23,28H,6,12H2,1-5H3/t20-,21+,22-,25+/m0/s1. The van der Waals surface area contributed by atoms with Crippen LogP contribution in [-0.4, -0.2) is 68.3 Å². The Kier molecular flexibility index (Phi) is 7.44. The Morgan fingerprint density at radius 3 is 2.59 bits per heavy atom. The fourth-order valence-corrected chi connectivity index (χ4v) is 5.04. The number of fused-ring (bicyclic) bond motifs is 2. The molecule has 2 heterocycles. The van der Waals surface area contributed by atoms with Crippen LogP contribution in [0.5, 0.6) is 11.5 Å². The number of methoxy groups -OCH3 is 3. The van der Waals surface area contributed by atoms with Gasteiger partial charge in [-0.05, 0) is 43.7 Å². The zero-order valence-corrected chi connectivity index (χ0v) is 21.2. The molecule has 0 bridgehead atoms. The lowest BCUT2D eigenvalue weighted by atomic mass is 9.83. The molecule has 12 heteroatoms. The third-order valence-corrected chi connectivity index (χ3v) is 6.70. The zero-order valence-electron chi connectivity index (χ0n) is 21.2. The third-order valence-electron chi connectivity index (χ3n) is 6.70. The lowest BCUT2D eigenvalue weighted by Crippen LogP contribution is -2.63. The van der Waals surface area contributed by atoms with Gasteiger partial charge in [-0.15, -0.1) is 0 Å². The number of carbonyl (C=O) groups is 1. The molecule has 0 spiro atoms. The summed E-state index contributed by atoms with van der Waals surface area (Å²) in [5.74, 6) is 0.891. The Morgan fingerprint density at radius 1 is 1.24 bits per heavy atom. The van der Waals surface area contributed by atoms with Crippen molar-refractivity contribution in [2.45, 2.75) is 50.5 Å². The first-order valence-electron chi connectivity index (χ1n) is 11.7. The minimum Gasteiger partial charge on any atom is -0.497 e. The van der Waals surface area contributed by atoms with E-state index in [-0.39, 0.29) is 18.7 Å². The van der Waals surface area contributed by atoms with E-state index >= 15 is 0 Å². The number of nitrogens with zero attached hydrogens (tertiary/aromatic N) is 2. The van der Waals surface area contributed by atoms with Crippen LogP contribution in [-0.2, 0) is 25.4 Å². The van der Waals surface area contributed by atoms with Gasteiger partial charge < -0.3 is 38.4 Å². The number of carbonyl (C=O) groups excluding carboxylic acids is 1. The van der Waals surface area contributed by atoms with Crippen LogP contribution in [0.15, 0.2) is 36.4 Å². The molecule has 4 rings (SSSR count). The van der Waals surface area contributed by atoms with E-state index in [0.29, 0.717) is 22.7 Å². The summed E-state index contributed by atoms with van der Waals surface area (Å²) in [6, 6.07) is 8.50. The van der Waals surface area contributed by atoms with E-state index in [1.54, 1.807) is 38.0 Å². The number of benzene rings is 2. The van der Waals surface area contributed by atoms with Crippen molar-refractivity contribution in [3.8, 4) is 11.5 Å². The number of anilines is 1. The minimum absolute atomic E-state index is 0.114. The van der Waals surface area contributed by atoms with Gasteiger partial charge in [0.15, 0.2) is 18.1 Å². The van der Waals surface area contributed by atoms with Crippen molar-refractivity contribution in [3.05, 3.63) is 57.6 Å². The van der Waals surface area contributed by atoms with Crippen LogP contribution < -0.4 is 14.4 Å². The van der Waals surface area contributed by atoms with E-state index in [9.17, 15) is 20.0 Å². The molecule has 0 amide bonds. The van der Waals surface area contributed by atoms with Crippen molar-refractivity contribution in [1.82, 2.24) is 0 Å². The van der Waals surface area contributed by atoms with Gasteiger partial charge in [-0.25, -0.2) is 4.79 Å². The molecular weight excluding hydrogens is 488 g/mol. The molecule has 2 aromatic carbocycles. The zero-order chi connectivity index (χ0) is 26.9. The van der Waals surface area contributed by atoms with Gasteiger partial charge in [0, 0.05) is 44.0 Å². The molecule has 0 saturated carbocycles. The first-order valence-corrected chi connectivity index (χ1v) is 11.7. The summed E-state index contributed by atoms with van der Waals surface area (Å²) in [5, 5.41) is 23.5. The summed E-state index contributed by atoms with van der Waals surface area (Å²) < 4.78 is 33.2. The molecule has 0 saturated heterocycles. The number of aliphatic hydroxyl groups is 1. The Labute approximate surface area is 213 Å². The predicted molar refractivity (Wildman–Crippen MR) is 130 cm³/mol. The lowest BCUT2D eigenvalue weighted by Gasteiger charge is -2.50. The lowest BCUT2D eigenvalue weighted by molar-refractivity contribution is -0.385. The number of hydrogen-bond donors (Lipinski definition) is 1. The third kappa shape index (κ3) is 4.63. The van der Waals surface area contributed by atoms with Gasteiger partial charge in [-0.1, -0.05) is 0 Å². The molecule has 0 aromatic heterocycles. The number of hydrogen-bond acceptors (Lipinski definition) is 11. The Bertz CT molecular complexity index is 1170. The molecule has 2 aromatic rings. The summed E-state index contributed by atoms with van der Waals surface area (Å²) in [6.45, 7) is 3.40. The molecule has 1 N–H and O–H groups in total. The summed E-state index contributed by atoms with van der Waals surface area (Å²) in [6.07, 6.45) is -3.88. The van der Waals surface area contributed by atoms with Crippen LogP contribution in [0.25, 0.3) is 0 Å². The van der Waals surface area contributed by atoms with Gasteiger partial charge in [0.25, 0.3) is 5.69 Å². The molecule has 2 aliphatic rings. The molecule has 2 aliphatic heterocycles. The minimum atomic E-state index is -1.44. The first-order chi connectivity index (χ1) is 17.7. The fourth-order valence-electron chi connectivity index (χ4n) is 5.04. The van der Waals surface area contributed by atoms with E-state index in [4.69, 9.17) is 28.4 Å². The second-order valence-electron chi connectivity index (χ2n) is 8.82. The number of ether oxygens (including phenoxy) is 6. The first kappa shape index (κ1) is 26.5. The second kappa shape index (κ2) is 10.4. The maximum absolute atomic E-state index is 12.4. The van der Waals surface area contributed by atoms with E-state index in [1.165, 1.54) is 32.4 Å². The largest absolute Gasteiger partial charge is 0.510 e. The summed E-state index contributed by atoms with van der Waals surface area (Å²) in [5.41, 5.74) is 0.144. The molecule has 4 atom stereocenters. The molecule has 0 aliphatic carbocycles. The van der Waals surface area contributed by atoms with Crippen LogP contribution in [0, 0.1) is 10.1 Å². The highest BCUT2D eigenvalue weighted by atomic mass is 16.7. The summed E-state index contributed by atoms with van der Waals surface area (Å²) >= 11 is 0. The van der Waals surface area contributed by atoms with Crippen molar-refractivity contribution in [3.63, 3.8) is 0 Å². The maximum atomic E-state index is 12.4. The summed E-state index contributed by atoms with van der Waals surface area (Å²) in [4.78, 5) is 25.2. The number of non-ortho nitro benzene ring substituents is 1. The quantitative estimate of drug-likeness (QED) is 0.238. The van der Waals surface area contributed by atoms with Crippen molar-refractivity contribution in [2.24, 2.45) is 0 Å². The Balaban J connectivity index is 1.91. The molecule has 12 nitrogen and oxygen atoms in total. The molecule has 200 valence electrons. The monoisotopic (exact) mass is 518 g/mol. The van der Waals surface area contributed by atoms with Crippen LogP contribution in [0.3, 0.4) is 0 Å². The van der Waals surface area contributed by atoms with Gasteiger partial charge in [-0.3, -0.25) is 10.1 Å². The Hall–Kier alpha value is -3.61. The average Bonchev–Trinajstić information content (AvgIpc) is 3.21. The van der Waals surface area contributed by atoms with Crippen molar-refractivity contribution < 1.29 is 43.2 Å². The fraction of sp³-hybridized carbons (Fsp3) is 0.480. The topological polar surface area (TPSA) is 139 Å². The highest BCUT2D eigenvalue weighted by Crippen LogP contribution is 2.50. The van der Waals surface area contributed by atoms with Crippen LogP contribution in [0.2, 0.25) is 0 Å². The van der Waals surface area contributed by atoms with Gasteiger partial charge >= 0.3 is 6.16 Å². The number of nitro benzene ring substituents is 1. The summed E-state index contributed by atoms with van der Waals surface area (Å²) in [7, 11) is 4.37. The van der Waals surface area contributed by atoms with Crippen molar-refractivity contribution in [1.29, 1.82) is 0 Å². The molecule has 37 heavy (non-hydrogen) atoms. The highest BCUT2D eigenvalue weighted by Gasteiger charge is 2.56. The normalized spacial score (nSPS) is 24.2. The van der Waals surface area contributed by atoms with Gasteiger partial charge in [0.05, 0.1) is 24.7 Å². The van der Waals surface area contributed by atoms with E-state index in [0.717, 1.165) is 5.56 Å². The highest BCUT2D eigenvalue weighted by molar-refractivity contribution is 5.67. The number of nitro groups is 1. The average molecular weight is 519 g/mol. The number of rotatable bonds is 8. The second-order valence-corrected chi connectivity index (χ2v) is 8.82. The van der Waals surface area contributed by atoms with E-state index in [1.807, 2.05) is 6.07 Å². The van der Waals surface area contributed by atoms with Crippen molar-refractivity contribution in [2.75, 3.05) is 32.8 Å². The molecular formula is C25H30N2O10. The van der Waals surface area contributed by atoms with Crippen LogP contribution >= 0.6 is 0 Å². The number of aliphatic hydroxyl groups excluding tert-OH is 1. The van der Waals surface area contributed by atoms with Gasteiger partial charge in [-0.2, -0.15) is 0 Å². The smallest absolute Gasteiger partial charge is 0.497 e.